The van der Waals surface area contributed by atoms with Crippen molar-refractivity contribution in [1.29, 1.82) is 0 Å². The van der Waals surface area contributed by atoms with Crippen molar-refractivity contribution in [1.82, 2.24) is 0 Å². The first kappa shape index (κ1) is 17.5. The number of aryl methyl sites for hydroxylation is 1. The summed E-state index contributed by atoms with van der Waals surface area (Å²) in [6.07, 6.45) is 1.58. The van der Waals surface area contributed by atoms with Crippen molar-refractivity contribution >= 4 is 39.5 Å². The number of hydrogen-bond donors (Lipinski definition) is 1. The van der Waals surface area contributed by atoms with Crippen LogP contribution in [-0.4, -0.2) is 35.4 Å². The molecule has 1 aromatic rings. The third-order valence-electron chi connectivity index (χ3n) is 5.79. The molecule has 1 saturated heterocycles. The monoisotopic (exact) mass is 421 g/mol. The molecule has 0 radical (unpaired) electrons. The fourth-order valence-electron chi connectivity index (χ4n) is 4.55. The SMILES string of the molecule is CCc1ccc(NC(=O)COC(=O)[C@@H]2[C@H]3C[C@H]4[C@H](OC(=O)[C@H]42)[C@@H]3Br)cc1. The fraction of sp³-hybridized carbons (Fsp3) is 0.526. The van der Waals surface area contributed by atoms with E-state index in [2.05, 4.69) is 28.2 Å². The highest BCUT2D eigenvalue weighted by atomic mass is 79.9. The Bertz CT molecular complexity index is 749. The minimum absolute atomic E-state index is 0.0151. The van der Waals surface area contributed by atoms with Crippen molar-refractivity contribution in [3.63, 3.8) is 0 Å². The zero-order valence-corrected chi connectivity index (χ0v) is 15.9. The minimum Gasteiger partial charge on any atom is -0.461 e. The molecule has 6 nitrogen and oxygen atoms in total. The molecule has 3 aliphatic rings. The van der Waals surface area contributed by atoms with Gasteiger partial charge in [-0.1, -0.05) is 35.0 Å². The molecule has 7 heteroatoms. The van der Waals surface area contributed by atoms with Crippen LogP contribution in [0.3, 0.4) is 0 Å². The first-order valence-corrected chi connectivity index (χ1v) is 9.81. The van der Waals surface area contributed by atoms with Crippen LogP contribution in [0.25, 0.3) is 0 Å². The number of ether oxygens (including phenoxy) is 2. The molecule has 1 amide bonds. The Hall–Kier alpha value is -1.89. The third kappa shape index (κ3) is 2.82. The maximum atomic E-state index is 12.5. The molecule has 1 aliphatic heterocycles. The molecule has 138 valence electrons. The number of nitrogens with one attached hydrogen (secondary N) is 1. The Morgan fingerprint density at radius 3 is 2.69 bits per heavy atom. The van der Waals surface area contributed by atoms with Crippen LogP contribution in [0, 0.1) is 23.7 Å². The number of hydrogen-bond acceptors (Lipinski definition) is 5. The number of halogens is 1. The topological polar surface area (TPSA) is 81.7 Å². The Labute approximate surface area is 159 Å². The molecule has 1 heterocycles. The molecule has 2 bridgehead atoms. The Balaban J connectivity index is 1.34. The van der Waals surface area contributed by atoms with Crippen molar-refractivity contribution in [3.8, 4) is 0 Å². The summed E-state index contributed by atoms with van der Waals surface area (Å²) >= 11 is 3.56. The van der Waals surface area contributed by atoms with E-state index in [4.69, 9.17) is 9.47 Å². The van der Waals surface area contributed by atoms with E-state index in [-0.39, 0.29) is 35.3 Å². The quantitative estimate of drug-likeness (QED) is 0.582. The molecule has 4 rings (SSSR count). The van der Waals surface area contributed by atoms with Gasteiger partial charge in [0.05, 0.1) is 16.7 Å². The molecule has 26 heavy (non-hydrogen) atoms. The lowest BCUT2D eigenvalue weighted by Gasteiger charge is -2.26. The standard InChI is InChI=1S/C19H20BrNO5/c1-2-9-3-5-10(6-4-9)21-13(22)8-25-18(23)14-11-7-12-15(14)19(24)26-17(12)16(11)20/h3-6,11-12,14-17H,2,7-8H2,1H3,(H,21,22)/t11-,12-,14-,15-,16-,17+/m1/s1. The Kier molecular flexibility index (Phi) is 4.50. The number of anilines is 1. The highest BCUT2D eigenvalue weighted by Gasteiger charge is 2.68. The van der Waals surface area contributed by atoms with Gasteiger partial charge in [0.1, 0.15) is 6.10 Å². The molecule has 2 aliphatic carbocycles. The number of benzene rings is 1. The molecule has 1 aromatic carbocycles. The largest absolute Gasteiger partial charge is 0.461 e. The number of carbonyl (C=O) groups is 3. The van der Waals surface area contributed by atoms with Crippen LogP contribution >= 0.6 is 15.9 Å². The van der Waals surface area contributed by atoms with Gasteiger partial charge in [-0.05, 0) is 36.5 Å². The molecule has 0 unspecified atom stereocenters. The average molecular weight is 422 g/mol. The number of alkyl halides is 1. The summed E-state index contributed by atoms with van der Waals surface area (Å²) in [5.74, 6) is -2.03. The van der Waals surface area contributed by atoms with Gasteiger partial charge in [-0.25, -0.2) is 0 Å². The summed E-state index contributed by atoms with van der Waals surface area (Å²) < 4.78 is 10.6. The lowest BCUT2D eigenvalue weighted by Crippen LogP contribution is -2.39. The summed E-state index contributed by atoms with van der Waals surface area (Å²) in [4.78, 5) is 36.6. The van der Waals surface area contributed by atoms with E-state index in [0.29, 0.717) is 5.69 Å². The highest BCUT2D eigenvalue weighted by molar-refractivity contribution is 9.09. The number of amides is 1. The van der Waals surface area contributed by atoms with E-state index in [1.54, 1.807) is 0 Å². The van der Waals surface area contributed by atoms with Crippen molar-refractivity contribution in [3.05, 3.63) is 29.8 Å². The van der Waals surface area contributed by atoms with E-state index in [1.807, 2.05) is 24.3 Å². The summed E-state index contributed by atoms with van der Waals surface area (Å²) in [6.45, 7) is 1.70. The van der Waals surface area contributed by atoms with Crippen LogP contribution < -0.4 is 5.32 Å². The second-order valence-corrected chi connectivity index (χ2v) is 8.22. The number of esters is 2. The van der Waals surface area contributed by atoms with Crippen molar-refractivity contribution in [2.45, 2.75) is 30.7 Å². The Morgan fingerprint density at radius 2 is 2.00 bits per heavy atom. The summed E-state index contributed by atoms with van der Waals surface area (Å²) in [7, 11) is 0. The predicted octanol–water partition coefficient (Wildman–Crippen LogP) is 2.30. The van der Waals surface area contributed by atoms with E-state index in [1.165, 1.54) is 5.56 Å². The van der Waals surface area contributed by atoms with Gasteiger partial charge in [-0.2, -0.15) is 0 Å². The van der Waals surface area contributed by atoms with Gasteiger partial charge in [-0.3, -0.25) is 14.4 Å². The smallest absolute Gasteiger partial charge is 0.310 e. The van der Waals surface area contributed by atoms with Gasteiger partial charge in [0.15, 0.2) is 6.61 Å². The summed E-state index contributed by atoms with van der Waals surface area (Å²) in [6, 6.07) is 7.52. The number of fused-ring (bicyclic) bond motifs is 1. The van der Waals surface area contributed by atoms with E-state index in [9.17, 15) is 14.4 Å². The molecular weight excluding hydrogens is 402 g/mol. The van der Waals surface area contributed by atoms with E-state index in [0.717, 1.165) is 12.8 Å². The lowest BCUT2D eigenvalue weighted by atomic mass is 9.80. The predicted molar refractivity (Wildman–Crippen MR) is 96.6 cm³/mol. The van der Waals surface area contributed by atoms with Gasteiger partial charge < -0.3 is 14.8 Å². The third-order valence-corrected chi connectivity index (χ3v) is 6.99. The lowest BCUT2D eigenvalue weighted by molar-refractivity contribution is -0.157. The minimum atomic E-state index is -0.521. The van der Waals surface area contributed by atoms with Crippen LogP contribution in [0.1, 0.15) is 18.9 Å². The summed E-state index contributed by atoms with van der Waals surface area (Å²) in [5.41, 5.74) is 1.84. The second kappa shape index (κ2) is 6.68. The Morgan fingerprint density at radius 1 is 1.27 bits per heavy atom. The molecule has 0 spiro atoms. The average Bonchev–Trinajstić information content (AvgIpc) is 3.24. The van der Waals surface area contributed by atoms with Crippen molar-refractivity contribution < 1.29 is 23.9 Å². The van der Waals surface area contributed by atoms with E-state index < -0.39 is 23.7 Å². The maximum Gasteiger partial charge on any atom is 0.310 e. The molecule has 3 fully saturated rings. The number of carbonyl (C=O) groups excluding carboxylic acids is 3. The van der Waals surface area contributed by atoms with Gasteiger partial charge in [-0.15, -0.1) is 0 Å². The molecule has 0 aromatic heterocycles. The van der Waals surface area contributed by atoms with Crippen LogP contribution in [0.5, 0.6) is 0 Å². The zero-order chi connectivity index (χ0) is 18.4. The van der Waals surface area contributed by atoms with Crippen LogP contribution in [0.2, 0.25) is 0 Å². The van der Waals surface area contributed by atoms with Gasteiger partial charge in [0, 0.05) is 11.6 Å². The maximum absolute atomic E-state index is 12.5. The normalized spacial score (nSPS) is 33.8. The van der Waals surface area contributed by atoms with Crippen LogP contribution in [-0.2, 0) is 30.3 Å². The first-order chi connectivity index (χ1) is 12.5. The highest BCUT2D eigenvalue weighted by Crippen LogP contribution is 2.60. The molecule has 2 saturated carbocycles. The van der Waals surface area contributed by atoms with Crippen LogP contribution in [0.15, 0.2) is 24.3 Å². The second-order valence-electron chi connectivity index (χ2n) is 7.17. The summed E-state index contributed by atoms with van der Waals surface area (Å²) in [5, 5.41) is 2.71. The van der Waals surface area contributed by atoms with Crippen molar-refractivity contribution in [2.24, 2.45) is 23.7 Å². The molecule has 6 atom stereocenters. The molecule has 1 N–H and O–H groups in total. The van der Waals surface area contributed by atoms with Gasteiger partial charge in [0.25, 0.3) is 5.91 Å². The van der Waals surface area contributed by atoms with E-state index >= 15 is 0 Å². The zero-order valence-electron chi connectivity index (χ0n) is 14.3. The fourth-order valence-corrected chi connectivity index (χ4v) is 5.59. The van der Waals surface area contributed by atoms with Crippen LogP contribution in [0.4, 0.5) is 5.69 Å². The number of rotatable bonds is 5. The van der Waals surface area contributed by atoms with Crippen molar-refractivity contribution in [2.75, 3.05) is 11.9 Å². The van der Waals surface area contributed by atoms with Gasteiger partial charge in [0.2, 0.25) is 0 Å². The first-order valence-electron chi connectivity index (χ1n) is 8.89. The molecular formula is C19H20BrNO5. The van der Waals surface area contributed by atoms with Gasteiger partial charge >= 0.3 is 11.9 Å².